The summed E-state index contributed by atoms with van der Waals surface area (Å²) in [7, 11) is 0. The molecule has 12 atom stereocenters. The molecule has 12 unspecified atom stereocenters. The second-order valence-electron chi connectivity index (χ2n) is 19.0. The average Bonchev–Trinajstić information content (AvgIpc) is 3.53. The molecule has 0 radical (unpaired) electrons. The molecule has 0 bridgehead atoms. The van der Waals surface area contributed by atoms with Crippen molar-refractivity contribution in [1.29, 1.82) is 0 Å². The van der Waals surface area contributed by atoms with Crippen molar-refractivity contribution in [2.45, 2.75) is 169 Å². The van der Waals surface area contributed by atoms with E-state index in [4.69, 9.17) is 0 Å². The molecular weight excluding hydrogens is 565 g/mol. The maximum atomic E-state index is 2.72. The first-order valence-corrected chi connectivity index (χ1v) is 21.8. The van der Waals surface area contributed by atoms with Crippen molar-refractivity contribution in [1.82, 2.24) is 0 Å². The van der Waals surface area contributed by atoms with Crippen LogP contribution in [0.2, 0.25) is 0 Å². The Morgan fingerprint density at radius 1 is 0.553 bits per heavy atom. The molecule has 0 aromatic heterocycles. The van der Waals surface area contributed by atoms with Gasteiger partial charge in [0.2, 0.25) is 0 Å². The molecule has 0 aliphatic heterocycles. The number of allylic oxidation sites excluding steroid dienone is 1. The molecule has 1 aromatic rings. The van der Waals surface area contributed by atoms with Crippen LogP contribution in [-0.4, -0.2) is 0 Å². The topological polar surface area (TPSA) is 0 Å². The van der Waals surface area contributed by atoms with Gasteiger partial charge in [0.05, 0.1) is 0 Å². The molecule has 0 saturated heterocycles. The van der Waals surface area contributed by atoms with Gasteiger partial charge in [-0.3, -0.25) is 0 Å². The van der Waals surface area contributed by atoms with E-state index in [9.17, 15) is 0 Å². The highest BCUT2D eigenvalue weighted by Gasteiger charge is 2.61. The Hall–Kier alpha value is -1.04. The first kappa shape index (κ1) is 34.4. The molecule has 6 saturated carbocycles. The van der Waals surface area contributed by atoms with Crippen LogP contribution in [0.25, 0.3) is 6.08 Å². The fraction of sp³-hybridized carbons (Fsp3) is 0.830. The first-order valence-electron chi connectivity index (χ1n) is 21.8. The summed E-state index contributed by atoms with van der Waals surface area (Å²) in [6.45, 7) is 9.99. The standard InChI is InChI=1S/C47H74/c1-5-7-9-14-26-47(27-15-10-8-6-2)45-29-34(4)19-23-40(45)41-25-21-37(32-46(41)47)36-20-24-39-38-22-18-33(3)28-42(38)43(44(39)31-36)30-35-16-12-11-13-17-35/h11-13,16-17,30,33-34,36-42,44-46H,5-10,14-15,18-29,31-32H2,1-4H3/b43-30+. The van der Waals surface area contributed by atoms with E-state index in [-0.39, 0.29) is 0 Å². The Balaban J connectivity index is 1.14. The van der Waals surface area contributed by atoms with Gasteiger partial charge in [-0.1, -0.05) is 134 Å². The van der Waals surface area contributed by atoms with E-state index in [0.717, 1.165) is 71.0 Å². The highest BCUT2D eigenvalue weighted by atomic mass is 14.7. The Kier molecular flexibility index (Phi) is 11.3. The molecule has 6 aliphatic rings. The maximum Gasteiger partial charge on any atom is -0.0163 e. The zero-order valence-corrected chi connectivity index (χ0v) is 31.4. The van der Waals surface area contributed by atoms with Crippen molar-refractivity contribution < 1.29 is 0 Å². The van der Waals surface area contributed by atoms with E-state index < -0.39 is 0 Å². The summed E-state index contributed by atoms with van der Waals surface area (Å²) in [5.41, 5.74) is 4.07. The highest BCUT2D eigenvalue weighted by Crippen LogP contribution is 2.69. The summed E-state index contributed by atoms with van der Waals surface area (Å²) in [5.74, 6) is 11.9. The van der Waals surface area contributed by atoms with Crippen LogP contribution in [0.15, 0.2) is 35.9 Å². The third-order valence-electron chi connectivity index (χ3n) is 16.4. The van der Waals surface area contributed by atoms with E-state index in [1.807, 2.05) is 5.57 Å². The van der Waals surface area contributed by atoms with E-state index in [1.54, 1.807) is 57.8 Å². The van der Waals surface area contributed by atoms with Gasteiger partial charge in [0.1, 0.15) is 0 Å². The minimum absolute atomic E-state index is 0.679. The van der Waals surface area contributed by atoms with Gasteiger partial charge in [-0.25, -0.2) is 0 Å². The van der Waals surface area contributed by atoms with Gasteiger partial charge in [-0.05, 0) is 159 Å². The predicted octanol–water partition coefficient (Wildman–Crippen LogP) is 14.2. The molecule has 0 N–H and O–H groups in total. The molecular formula is C47H74. The quantitative estimate of drug-likeness (QED) is 0.200. The van der Waals surface area contributed by atoms with Gasteiger partial charge in [0, 0.05) is 0 Å². The minimum atomic E-state index is 0.679. The summed E-state index contributed by atoms with van der Waals surface area (Å²) in [6.07, 6.45) is 36.2. The number of hydrogen-bond donors (Lipinski definition) is 0. The van der Waals surface area contributed by atoms with Gasteiger partial charge in [-0.2, -0.15) is 0 Å². The predicted molar refractivity (Wildman–Crippen MR) is 203 cm³/mol. The summed E-state index contributed by atoms with van der Waals surface area (Å²) in [6, 6.07) is 11.5. The molecule has 47 heavy (non-hydrogen) atoms. The molecule has 1 aromatic carbocycles. The largest absolute Gasteiger partial charge is 0.0654 e. The number of rotatable bonds is 12. The lowest BCUT2D eigenvalue weighted by Gasteiger charge is -2.48. The van der Waals surface area contributed by atoms with Crippen molar-refractivity contribution in [3.05, 3.63) is 41.5 Å². The molecule has 0 heteroatoms. The average molecular weight is 639 g/mol. The van der Waals surface area contributed by atoms with Crippen molar-refractivity contribution in [3.8, 4) is 0 Å². The van der Waals surface area contributed by atoms with Crippen LogP contribution in [0.3, 0.4) is 0 Å². The molecule has 262 valence electrons. The normalized spacial score (nSPS) is 41.7. The van der Waals surface area contributed by atoms with Crippen molar-refractivity contribution in [2.24, 2.45) is 76.4 Å². The lowest BCUT2D eigenvalue weighted by Crippen LogP contribution is -2.40. The van der Waals surface area contributed by atoms with Crippen LogP contribution >= 0.6 is 0 Å². The second-order valence-corrected chi connectivity index (χ2v) is 19.0. The van der Waals surface area contributed by atoms with Crippen molar-refractivity contribution in [2.75, 3.05) is 0 Å². The number of unbranched alkanes of at least 4 members (excludes halogenated alkanes) is 6. The number of benzene rings is 1. The van der Waals surface area contributed by atoms with Gasteiger partial charge in [0.15, 0.2) is 0 Å². The number of fused-ring (bicyclic) bond motifs is 6. The first-order chi connectivity index (χ1) is 23.0. The van der Waals surface area contributed by atoms with Crippen molar-refractivity contribution in [3.63, 3.8) is 0 Å². The minimum Gasteiger partial charge on any atom is -0.0654 e. The van der Waals surface area contributed by atoms with Gasteiger partial charge >= 0.3 is 0 Å². The molecule has 7 rings (SSSR count). The molecule has 6 fully saturated rings. The maximum absolute atomic E-state index is 2.72. The van der Waals surface area contributed by atoms with Crippen molar-refractivity contribution >= 4 is 6.08 Å². The Morgan fingerprint density at radius 2 is 1.09 bits per heavy atom. The van der Waals surface area contributed by atoms with E-state index in [2.05, 4.69) is 64.1 Å². The van der Waals surface area contributed by atoms with E-state index in [0.29, 0.717) is 5.41 Å². The molecule has 0 heterocycles. The zero-order chi connectivity index (χ0) is 32.4. The number of hydrogen-bond acceptors (Lipinski definition) is 0. The Bertz CT molecular complexity index is 1130. The van der Waals surface area contributed by atoms with Gasteiger partial charge < -0.3 is 0 Å². The van der Waals surface area contributed by atoms with Crippen LogP contribution < -0.4 is 0 Å². The van der Waals surface area contributed by atoms with Crippen LogP contribution in [0, 0.1) is 76.4 Å². The van der Waals surface area contributed by atoms with Gasteiger partial charge in [0.25, 0.3) is 0 Å². The molecule has 0 nitrogen and oxygen atoms in total. The van der Waals surface area contributed by atoms with Crippen LogP contribution in [0.5, 0.6) is 0 Å². The summed E-state index contributed by atoms with van der Waals surface area (Å²) >= 11 is 0. The Labute approximate surface area is 292 Å². The fourth-order valence-corrected chi connectivity index (χ4v) is 14.4. The second kappa shape index (κ2) is 15.5. The lowest BCUT2D eigenvalue weighted by molar-refractivity contribution is 0.0140. The summed E-state index contributed by atoms with van der Waals surface area (Å²) in [4.78, 5) is 0. The molecule has 0 amide bonds. The van der Waals surface area contributed by atoms with E-state index in [1.165, 1.54) is 89.0 Å². The van der Waals surface area contributed by atoms with Crippen LogP contribution in [0.1, 0.15) is 175 Å². The Morgan fingerprint density at radius 3 is 1.74 bits per heavy atom. The zero-order valence-electron chi connectivity index (χ0n) is 31.4. The molecule has 6 aliphatic carbocycles. The monoisotopic (exact) mass is 639 g/mol. The molecule has 0 spiro atoms. The third kappa shape index (κ3) is 6.99. The SMILES string of the molecule is CCCCCCC1(CCCCCC)C2CC(C)CCC2C2CCC(C3CCC4C(C3)/C(=C/c3ccccc3)C3CC(C)CCC34)CC21. The van der Waals surface area contributed by atoms with E-state index >= 15 is 0 Å². The fourth-order valence-electron chi connectivity index (χ4n) is 14.4. The highest BCUT2D eigenvalue weighted by molar-refractivity contribution is 5.55. The lowest BCUT2D eigenvalue weighted by atomic mass is 9.57. The summed E-state index contributed by atoms with van der Waals surface area (Å²) in [5, 5.41) is 0. The smallest absolute Gasteiger partial charge is 0.0163 e. The van der Waals surface area contributed by atoms with Gasteiger partial charge in [-0.15, -0.1) is 0 Å². The summed E-state index contributed by atoms with van der Waals surface area (Å²) < 4.78 is 0. The third-order valence-corrected chi connectivity index (χ3v) is 16.4. The van der Waals surface area contributed by atoms with Crippen LogP contribution in [-0.2, 0) is 0 Å². The van der Waals surface area contributed by atoms with Crippen LogP contribution in [0.4, 0.5) is 0 Å².